The predicted octanol–water partition coefficient (Wildman–Crippen LogP) is 4.86. The van der Waals surface area contributed by atoms with Crippen LogP contribution in [0, 0.1) is 11.2 Å². The molecule has 0 aliphatic rings. The van der Waals surface area contributed by atoms with Crippen LogP contribution in [0.15, 0.2) is 85.1 Å². The number of primary amides is 1. The minimum atomic E-state index is -0.873. The fraction of sp³-hybridized carbons (Fsp3) is 0.103. The molecule has 0 radical (unpaired) electrons. The van der Waals surface area contributed by atoms with Crippen molar-refractivity contribution < 1.29 is 23.5 Å². The van der Waals surface area contributed by atoms with E-state index in [9.17, 15) is 14.0 Å². The van der Waals surface area contributed by atoms with Crippen molar-refractivity contribution in [3.05, 3.63) is 108 Å². The highest BCUT2D eigenvalue weighted by molar-refractivity contribution is 5.96. The topological polar surface area (TPSA) is 127 Å². The number of carbonyl (C=O) groups is 2. The Morgan fingerprint density at radius 3 is 2.55 bits per heavy atom. The maximum atomic E-state index is 14.7. The standard InChI is InChI=1S/C29H25FN4O4/c1-18(27(32)35)37-23-11-12-24(26(30)15-23)21-9-7-19(8-10-21)17-34-28(36)25-6-3-13-33-29(25)38-22-5-2-4-20(14-22)16-31/h2-16,18,31H,17H2,1H3,(H2,32,35)(H,34,36). The number of nitrogens with two attached hydrogens (primary N) is 1. The van der Waals surface area contributed by atoms with E-state index in [2.05, 4.69) is 10.3 Å². The number of benzene rings is 3. The third kappa shape index (κ3) is 6.38. The van der Waals surface area contributed by atoms with Crippen molar-refractivity contribution in [3.8, 4) is 28.5 Å². The van der Waals surface area contributed by atoms with Gasteiger partial charge in [0.1, 0.15) is 22.9 Å². The summed E-state index contributed by atoms with van der Waals surface area (Å²) < 4.78 is 25.8. The zero-order valence-corrected chi connectivity index (χ0v) is 20.5. The summed E-state index contributed by atoms with van der Waals surface area (Å²) in [6, 6.07) is 21.6. The molecule has 8 nitrogen and oxygen atoms in total. The van der Waals surface area contributed by atoms with Crippen LogP contribution in [-0.2, 0) is 11.3 Å². The number of aromatic nitrogens is 1. The van der Waals surface area contributed by atoms with E-state index in [-0.39, 0.29) is 29.6 Å². The van der Waals surface area contributed by atoms with E-state index in [4.69, 9.17) is 20.6 Å². The molecule has 4 rings (SSSR count). The van der Waals surface area contributed by atoms with Crippen LogP contribution in [0.1, 0.15) is 28.4 Å². The second-order valence-corrected chi connectivity index (χ2v) is 8.36. The monoisotopic (exact) mass is 512 g/mol. The van der Waals surface area contributed by atoms with Crippen LogP contribution >= 0.6 is 0 Å². The van der Waals surface area contributed by atoms with E-state index >= 15 is 0 Å². The second-order valence-electron chi connectivity index (χ2n) is 8.36. The normalized spacial score (nSPS) is 11.3. The van der Waals surface area contributed by atoms with Gasteiger partial charge in [0.2, 0.25) is 5.88 Å². The van der Waals surface area contributed by atoms with Gasteiger partial charge in [-0.25, -0.2) is 9.37 Å². The Hall–Kier alpha value is -5.05. The highest BCUT2D eigenvalue weighted by Crippen LogP contribution is 2.27. The quantitative estimate of drug-likeness (QED) is 0.262. The lowest BCUT2D eigenvalue weighted by Crippen LogP contribution is -2.30. The van der Waals surface area contributed by atoms with Crippen molar-refractivity contribution in [3.63, 3.8) is 0 Å². The lowest BCUT2D eigenvalue weighted by molar-refractivity contribution is -0.123. The van der Waals surface area contributed by atoms with Crippen molar-refractivity contribution in [2.45, 2.75) is 19.6 Å². The molecule has 38 heavy (non-hydrogen) atoms. The van der Waals surface area contributed by atoms with Gasteiger partial charge in [-0.05, 0) is 60.0 Å². The van der Waals surface area contributed by atoms with Gasteiger partial charge in [-0.15, -0.1) is 0 Å². The number of hydrogen-bond donors (Lipinski definition) is 3. The molecule has 0 aliphatic carbocycles. The Balaban J connectivity index is 1.41. The average Bonchev–Trinajstić information content (AvgIpc) is 2.92. The smallest absolute Gasteiger partial charge is 0.258 e. The molecule has 1 aromatic heterocycles. The minimum Gasteiger partial charge on any atom is -0.481 e. The fourth-order valence-corrected chi connectivity index (χ4v) is 3.57. The van der Waals surface area contributed by atoms with Crippen molar-refractivity contribution in [2.75, 3.05) is 0 Å². The number of nitrogens with zero attached hydrogens (tertiary/aromatic N) is 1. The molecule has 1 unspecified atom stereocenters. The van der Waals surface area contributed by atoms with Crippen LogP contribution in [0.2, 0.25) is 0 Å². The Morgan fingerprint density at radius 2 is 1.84 bits per heavy atom. The van der Waals surface area contributed by atoms with Crippen LogP contribution in [-0.4, -0.2) is 29.1 Å². The van der Waals surface area contributed by atoms with Gasteiger partial charge in [0, 0.05) is 30.6 Å². The molecule has 9 heteroatoms. The molecule has 4 aromatic rings. The van der Waals surface area contributed by atoms with Gasteiger partial charge >= 0.3 is 0 Å². The first-order valence-electron chi connectivity index (χ1n) is 11.7. The fourth-order valence-electron chi connectivity index (χ4n) is 3.57. The van der Waals surface area contributed by atoms with Gasteiger partial charge in [-0.1, -0.05) is 36.4 Å². The van der Waals surface area contributed by atoms with E-state index < -0.39 is 17.8 Å². The summed E-state index contributed by atoms with van der Waals surface area (Å²) in [7, 11) is 0. The van der Waals surface area contributed by atoms with Gasteiger partial charge in [0.15, 0.2) is 6.10 Å². The first kappa shape index (κ1) is 26.0. The summed E-state index contributed by atoms with van der Waals surface area (Å²) in [5.41, 5.74) is 7.92. The summed E-state index contributed by atoms with van der Waals surface area (Å²) >= 11 is 0. The van der Waals surface area contributed by atoms with E-state index in [1.807, 2.05) is 0 Å². The van der Waals surface area contributed by atoms with Crippen molar-refractivity contribution in [1.29, 1.82) is 5.41 Å². The third-order valence-corrected chi connectivity index (χ3v) is 5.63. The molecule has 0 fully saturated rings. The number of pyridine rings is 1. The summed E-state index contributed by atoms with van der Waals surface area (Å²) in [4.78, 5) is 28.2. The van der Waals surface area contributed by atoms with E-state index in [1.165, 1.54) is 25.4 Å². The summed E-state index contributed by atoms with van der Waals surface area (Å²) in [6.07, 6.45) is 1.86. The minimum absolute atomic E-state index is 0.149. The number of ether oxygens (including phenoxy) is 2. The zero-order valence-electron chi connectivity index (χ0n) is 20.5. The largest absolute Gasteiger partial charge is 0.481 e. The molecule has 0 aliphatic heterocycles. The number of rotatable bonds is 10. The van der Waals surface area contributed by atoms with Crippen LogP contribution in [0.5, 0.6) is 17.4 Å². The van der Waals surface area contributed by atoms with Crippen molar-refractivity contribution in [1.82, 2.24) is 10.3 Å². The first-order valence-corrected chi connectivity index (χ1v) is 11.7. The SMILES string of the molecule is CC(Oc1ccc(-c2ccc(CNC(=O)c3cccnc3Oc3cccc(C=N)c3)cc2)c(F)c1)C(N)=O. The number of carbonyl (C=O) groups excluding carboxylic acids is 2. The van der Waals surface area contributed by atoms with E-state index in [0.29, 0.717) is 22.4 Å². The lowest BCUT2D eigenvalue weighted by Gasteiger charge is -2.13. The number of halogens is 1. The number of nitrogens with one attached hydrogen (secondary N) is 2. The molecule has 0 spiro atoms. The zero-order chi connectivity index (χ0) is 27.1. The van der Waals surface area contributed by atoms with Crippen LogP contribution in [0.4, 0.5) is 4.39 Å². The van der Waals surface area contributed by atoms with Gasteiger partial charge in [-0.2, -0.15) is 0 Å². The first-order chi connectivity index (χ1) is 18.3. The molecule has 2 amide bonds. The molecule has 3 aromatic carbocycles. The van der Waals surface area contributed by atoms with E-state index in [0.717, 1.165) is 5.56 Å². The third-order valence-electron chi connectivity index (χ3n) is 5.63. The Labute approximate surface area is 218 Å². The summed E-state index contributed by atoms with van der Waals surface area (Å²) in [6.45, 7) is 1.72. The van der Waals surface area contributed by atoms with Gasteiger partial charge in [0.05, 0.1) is 0 Å². The maximum Gasteiger partial charge on any atom is 0.258 e. The Bertz CT molecular complexity index is 1470. The number of hydrogen-bond acceptors (Lipinski definition) is 6. The molecular formula is C29H25FN4O4. The molecule has 0 bridgehead atoms. The molecule has 4 N–H and O–H groups in total. The van der Waals surface area contributed by atoms with Crippen molar-refractivity contribution in [2.24, 2.45) is 5.73 Å². The molecule has 0 saturated heterocycles. The van der Waals surface area contributed by atoms with E-state index in [1.54, 1.807) is 72.8 Å². The molecule has 1 atom stereocenters. The Morgan fingerprint density at radius 1 is 1.05 bits per heavy atom. The maximum absolute atomic E-state index is 14.7. The van der Waals surface area contributed by atoms with Crippen LogP contribution < -0.4 is 20.5 Å². The highest BCUT2D eigenvalue weighted by Gasteiger charge is 2.15. The van der Waals surface area contributed by atoms with Gasteiger partial charge in [-0.3, -0.25) is 9.59 Å². The summed E-state index contributed by atoms with van der Waals surface area (Å²) in [5.74, 6) is -0.696. The molecule has 1 heterocycles. The predicted molar refractivity (Wildman–Crippen MR) is 141 cm³/mol. The van der Waals surface area contributed by atoms with Crippen LogP contribution in [0.3, 0.4) is 0 Å². The molecular weight excluding hydrogens is 487 g/mol. The van der Waals surface area contributed by atoms with Gasteiger partial charge < -0.3 is 25.9 Å². The lowest BCUT2D eigenvalue weighted by atomic mass is 10.0. The van der Waals surface area contributed by atoms with Crippen LogP contribution in [0.25, 0.3) is 11.1 Å². The van der Waals surface area contributed by atoms with Crippen molar-refractivity contribution >= 4 is 18.0 Å². The summed E-state index contributed by atoms with van der Waals surface area (Å²) in [5, 5.41) is 10.2. The number of amides is 2. The Kier molecular flexibility index (Phi) is 8.07. The highest BCUT2D eigenvalue weighted by atomic mass is 19.1. The van der Waals surface area contributed by atoms with Gasteiger partial charge in [0.25, 0.3) is 11.8 Å². The average molecular weight is 513 g/mol. The second kappa shape index (κ2) is 11.8. The molecule has 192 valence electrons. The molecule has 0 saturated carbocycles.